The average Bonchev–Trinajstić information content (AvgIpc) is 3.06. The van der Waals surface area contributed by atoms with E-state index in [-0.39, 0.29) is 24.7 Å². The number of esters is 1. The first-order valence-electron chi connectivity index (χ1n) is 11.3. The molecule has 1 aliphatic heterocycles. The van der Waals surface area contributed by atoms with Crippen molar-refractivity contribution >= 4 is 5.97 Å². The number of carbonyl (C=O) groups is 1. The van der Waals surface area contributed by atoms with E-state index < -0.39 is 37.0 Å². The molecule has 0 aromatic carbocycles. The van der Waals surface area contributed by atoms with Gasteiger partial charge >= 0.3 is 5.97 Å². The Morgan fingerprint density at radius 1 is 0.867 bits per heavy atom. The van der Waals surface area contributed by atoms with E-state index in [1.165, 1.54) is 19.3 Å². The van der Waals surface area contributed by atoms with Gasteiger partial charge in [0.15, 0.2) is 11.9 Å². The Kier molecular flexibility index (Phi) is 13.7. The number of aliphatic hydroxyl groups is 4. The number of hydrogen-bond donors (Lipinski definition) is 4. The van der Waals surface area contributed by atoms with Crippen LogP contribution >= 0.6 is 0 Å². The minimum Gasteiger partial charge on any atom is -0.487 e. The molecule has 176 valence electrons. The number of aliphatic hydroxyl groups excluding tert-OH is 4. The van der Waals surface area contributed by atoms with Gasteiger partial charge in [0.05, 0.1) is 18.8 Å². The van der Waals surface area contributed by atoms with Gasteiger partial charge in [-0.2, -0.15) is 0 Å². The fourth-order valence-corrected chi connectivity index (χ4v) is 3.21. The third kappa shape index (κ3) is 9.64. The van der Waals surface area contributed by atoms with Crippen molar-refractivity contribution < 1.29 is 39.4 Å². The Morgan fingerprint density at radius 3 is 2.07 bits per heavy atom. The molecule has 8 nitrogen and oxygen atoms in total. The molecule has 1 rings (SSSR count). The van der Waals surface area contributed by atoms with Crippen molar-refractivity contribution in [2.75, 3.05) is 19.8 Å². The summed E-state index contributed by atoms with van der Waals surface area (Å²) in [5, 5.41) is 39.3. The minimum atomic E-state index is -1.37. The number of rotatable bonds is 18. The fraction of sp³-hybridized carbons (Fsp3) is 0.864. The summed E-state index contributed by atoms with van der Waals surface area (Å²) in [6, 6.07) is 0. The summed E-state index contributed by atoms with van der Waals surface area (Å²) >= 11 is 0. The van der Waals surface area contributed by atoms with Crippen molar-refractivity contribution in [3.05, 3.63) is 11.5 Å². The third-order valence-electron chi connectivity index (χ3n) is 5.07. The highest BCUT2D eigenvalue weighted by Crippen LogP contribution is 2.28. The average molecular weight is 433 g/mol. The first-order chi connectivity index (χ1) is 14.4. The Hall–Kier alpha value is -1.35. The Labute approximate surface area is 179 Å². The third-order valence-corrected chi connectivity index (χ3v) is 5.07. The molecule has 0 fully saturated rings. The van der Waals surface area contributed by atoms with E-state index in [1.54, 1.807) is 0 Å². The highest BCUT2D eigenvalue weighted by Gasteiger charge is 2.42. The molecule has 0 bridgehead atoms. The second-order valence-electron chi connectivity index (χ2n) is 7.90. The van der Waals surface area contributed by atoms with Crippen LogP contribution in [-0.4, -0.2) is 70.6 Å². The normalized spacial score (nSPS) is 19.5. The summed E-state index contributed by atoms with van der Waals surface area (Å²) in [6.45, 7) is 3.35. The lowest BCUT2D eigenvalue weighted by Gasteiger charge is -2.20. The molecule has 1 heterocycles. The van der Waals surface area contributed by atoms with Crippen molar-refractivity contribution in [2.45, 2.75) is 102 Å². The quantitative estimate of drug-likeness (QED) is 0.192. The van der Waals surface area contributed by atoms with Gasteiger partial charge < -0.3 is 34.6 Å². The van der Waals surface area contributed by atoms with Crippen molar-refractivity contribution in [3.8, 4) is 0 Å². The first-order valence-corrected chi connectivity index (χ1v) is 11.3. The van der Waals surface area contributed by atoms with E-state index >= 15 is 0 Å². The van der Waals surface area contributed by atoms with E-state index in [1.807, 2.05) is 6.92 Å². The Balaban J connectivity index is 2.61. The maximum atomic E-state index is 12.2. The van der Waals surface area contributed by atoms with Crippen LogP contribution in [0.5, 0.6) is 0 Å². The van der Waals surface area contributed by atoms with Gasteiger partial charge in [0.1, 0.15) is 19.3 Å². The molecule has 4 atom stereocenters. The zero-order chi connectivity index (χ0) is 22.4. The SMILES string of the molecule is CCCCCCCCC(O)COC1=C(OCC(O)CCCC)C(=O)O[C@@H]1[C@@H](O)CO. The van der Waals surface area contributed by atoms with Crippen molar-refractivity contribution in [1.29, 1.82) is 0 Å². The number of unbranched alkanes of at least 4 members (excludes halogenated alkanes) is 6. The van der Waals surface area contributed by atoms with Crippen LogP contribution in [0, 0.1) is 0 Å². The molecule has 2 unspecified atom stereocenters. The smallest absolute Gasteiger partial charge is 0.378 e. The maximum Gasteiger partial charge on any atom is 0.378 e. The highest BCUT2D eigenvalue weighted by atomic mass is 16.6. The molecule has 0 radical (unpaired) electrons. The fourth-order valence-electron chi connectivity index (χ4n) is 3.21. The number of carbonyl (C=O) groups excluding carboxylic acids is 1. The number of hydrogen-bond acceptors (Lipinski definition) is 8. The standard InChI is InChI=1S/C22H40O8/c1-3-5-7-8-9-10-12-17(25)14-28-20-19(18(26)13-23)30-22(27)21(20)29-15-16(24)11-6-4-2/h16-19,23-26H,3-15H2,1-2H3/t16?,17?,18-,19+/m0/s1. The van der Waals surface area contributed by atoms with Crippen LogP contribution in [0.15, 0.2) is 11.5 Å². The minimum absolute atomic E-state index is 0.0498. The summed E-state index contributed by atoms with van der Waals surface area (Å²) in [7, 11) is 0. The van der Waals surface area contributed by atoms with Crippen LogP contribution in [0.1, 0.15) is 78.1 Å². The molecule has 0 saturated heterocycles. The van der Waals surface area contributed by atoms with E-state index in [0.29, 0.717) is 12.8 Å². The maximum absolute atomic E-state index is 12.2. The molecule has 0 aliphatic carbocycles. The van der Waals surface area contributed by atoms with Crippen molar-refractivity contribution in [3.63, 3.8) is 0 Å². The topological polar surface area (TPSA) is 126 Å². The molecular formula is C22H40O8. The summed E-state index contributed by atoms with van der Waals surface area (Å²) in [6.07, 6.45) is 5.46. The second-order valence-corrected chi connectivity index (χ2v) is 7.90. The van der Waals surface area contributed by atoms with E-state index in [2.05, 4.69) is 6.92 Å². The van der Waals surface area contributed by atoms with E-state index in [9.17, 15) is 25.2 Å². The van der Waals surface area contributed by atoms with Crippen LogP contribution in [0.2, 0.25) is 0 Å². The molecule has 0 amide bonds. The zero-order valence-corrected chi connectivity index (χ0v) is 18.4. The predicted octanol–water partition coefficient (Wildman–Crippen LogP) is 2.17. The largest absolute Gasteiger partial charge is 0.487 e. The summed E-state index contributed by atoms with van der Waals surface area (Å²) in [5.41, 5.74) is 0. The molecule has 30 heavy (non-hydrogen) atoms. The van der Waals surface area contributed by atoms with Gasteiger partial charge in [-0.3, -0.25) is 0 Å². The molecule has 8 heteroatoms. The predicted molar refractivity (Wildman–Crippen MR) is 111 cm³/mol. The molecule has 0 spiro atoms. The van der Waals surface area contributed by atoms with Gasteiger partial charge in [0.25, 0.3) is 0 Å². The molecule has 0 aromatic rings. The van der Waals surface area contributed by atoms with Crippen LogP contribution in [0.4, 0.5) is 0 Å². The van der Waals surface area contributed by atoms with Crippen LogP contribution in [-0.2, 0) is 19.0 Å². The van der Waals surface area contributed by atoms with Gasteiger partial charge in [-0.15, -0.1) is 0 Å². The molecule has 0 aromatic heterocycles. The first kappa shape index (κ1) is 26.7. The van der Waals surface area contributed by atoms with Gasteiger partial charge in [-0.1, -0.05) is 65.2 Å². The number of ether oxygens (including phenoxy) is 3. The summed E-state index contributed by atoms with van der Waals surface area (Å²) in [5.74, 6) is -1.10. The summed E-state index contributed by atoms with van der Waals surface area (Å²) < 4.78 is 16.1. The second kappa shape index (κ2) is 15.5. The van der Waals surface area contributed by atoms with E-state index in [0.717, 1.165) is 32.1 Å². The molecule has 1 aliphatic rings. The van der Waals surface area contributed by atoms with Crippen LogP contribution in [0.3, 0.4) is 0 Å². The lowest BCUT2D eigenvalue weighted by atomic mass is 10.1. The van der Waals surface area contributed by atoms with Crippen molar-refractivity contribution in [1.82, 2.24) is 0 Å². The van der Waals surface area contributed by atoms with Gasteiger partial charge in [0, 0.05) is 0 Å². The van der Waals surface area contributed by atoms with Crippen molar-refractivity contribution in [2.24, 2.45) is 0 Å². The van der Waals surface area contributed by atoms with Crippen LogP contribution in [0.25, 0.3) is 0 Å². The summed E-state index contributed by atoms with van der Waals surface area (Å²) in [4.78, 5) is 12.2. The lowest BCUT2D eigenvalue weighted by Crippen LogP contribution is -2.33. The number of cyclic esters (lactones) is 1. The highest BCUT2D eigenvalue weighted by molar-refractivity contribution is 5.89. The molecular weight excluding hydrogens is 392 g/mol. The Morgan fingerprint density at radius 2 is 1.43 bits per heavy atom. The van der Waals surface area contributed by atoms with Gasteiger partial charge in [0.2, 0.25) is 5.76 Å². The lowest BCUT2D eigenvalue weighted by molar-refractivity contribution is -0.149. The molecule has 0 saturated carbocycles. The van der Waals surface area contributed by atoms with Crippen LogP contribution < -0.4 is 0 Å². The Bertz CT molecular complexity index is 507. The van der Waals surface area contributed by atoms with E-state index in [4.69, 9.17) is 14.2 Å². The van der Waals surface area contributed by atoms with Gasteiger partial charge in [-0.25, -0.2) is 4.79 Å². The molecule has 4 N–H and O–H groups in total. The zero-order valence-electron chi connectivity index (χ0n) is 18.4. The van der Waals surface area contributed by atoms with Gasteiger partial charge in [-0.05, 0) is 12.8 Å². The monoisotopic (exact) mass is 432 g/mol.